The number of phenolic OH excluding ortho intramolecular Hbond substituents is 1. The van der Waals surface area contributed by atoms with Crippen molar-refractivity contribution in [2.75, 3.05) is 0 Å². The van der Waals surface area contributed by atoms with Gasteiger partial charge in [-0.15, -0.1) is 0 Å². The molecule has 0 radical (unpaired) electrons. The standard InChI is InChI=1S/C8H10FNO/c1-5-2-3-7(9)6(4-10)8(5)11/h2-3,11H,4,10H2,1H3. The summed E-state index contributed by atoms with van der Waals surface area (Å²) in [6.45, 7) is 1.73. The van der Waals surface area contributed by atoms with Gasteiger partial charge in [0.25, 0.3) is 0 Å². The highest BCUT2D eigenvalue weighted by molar-refractivity contribution is 5.40. The molecule has 0 spiro atoms. The minimum atomic E-state index is -0.449. The van der Waals surface area contributed by atoms with E-state index < -0.39 is 5.82 Å². The number of hydrogen-bond donors (Lipinski definition) is 2. The fraction of sp³-hybridized carbons (Fsp3) is 0.250. The summed E-state index contributed by atoms with van der Waals surface area (Å²) in [6.07, 6.45) is 0. The summed E-state index contributed by atoms with van der Waals surface area (Å²) in [4.78, 5) is 0. The molecule has 1 aromatic rings. The summed E-state index contributed by atoms with van der Waals surface area (Å²) in [5.41, 5.74) is 6.05. The number of rotatable bonds is 1. The minimum Gasteiger partial charge on any atom is -0.507 e. The molecule has 11 heavy (non-hydrogen) atoms. The van der Waals surface area contributed by atoms with Crippen molar-refractivity contribution in [3.05, 3.63) is 29.1 Å². The Balaban J connectivity index is 3.29. The van der Waals surface area contributed by atoms with Gasteiger partial charge in [0, 0.05) is 12.1 Å². The van der Waals surface area contributed by atoms with Crippen LogP contribution in [0.25, 0.3) is 0 Å². The lowest BCUT2D eigenvalue weighted by atomic mass is 10.1. The Labute approximate surface area is 64.5 Å². The van der Waals surface area contributed by atoms with Crippen molar-refractivity contribution in [3.63, 3.8) is 0 Å². The quantitative estimate of drug-likeness (QED) is 0.642. The Morgan fingerprint density at radius 1 is 1.55 bits per heavy atom. The summed E-state index contributed by atoms with van der Waals surface area (Å²) >= 11 is 0. The Morgan fingerprint density at radius 3 is 2.64 bits per heavy atom. The molecular weight excluding hydrogens is 145 g/mol. The van der Waals surface area contributed by atoms with Crippen molar-refractivity contribution in [1.82, 2.24) is 0 Å². The van der Waals surface area contributed by atoms with E-state index in [4.69, 9.17) is 5.73 Å². The third kappa shape index (κ3) is 1.33. The van der Waals surface area contributed by atoms with Crippen LogP contribution in [-0.4, -0.2) is 5.11 Å². The molecule has 0 aliphatic rings. The number of nitrogens with two attached hydrogens (primary N) is 1. The van der Waals surface area contributed by atoms with E-state index in [0.29, 0.717) is 5.56 Å². The van der Waals surface area contributed by atoms with Crippen molar-refractivity contribution in [2.24, 2.45) is 5.73 Å². The van der Waals surface area contributed by atoms with Crippen LogP contribution in [0.1, 0.15) is 11.1 Å². The fourth-order valence-corrected chi connectivity index (χ4v) is 0.923. The highest BCUT2D eigenvalue weighted by atomic mass is 19.1. The molecule has 1 aromatic carbocycles. The molecule has 3 N–H and O–H groups in total. The Hall–Kier alpha value is -1.09. The third-order valence-electron chi connectivity index (χ3n) is 1.63. The van der Waals surface area contributed by atoms with Crippen LogP contribution in [-0.2, 0) is 6.54 Å². The van der Waals surface area contributed by atoms with Crippen molar-refractivity contribution in [3.8, 4) is 5.75 Å². The summed E-state index contributed by atoms with van der Waals surface area (Å²) in [5.74, 6) is -0.483. The second-order valence-electron chi connectivity index (χ2n) is 2.40. The van der Waals surface area contributed by atoms with Gasteiger partial charge in [-0.2, -0.15) is 0 Å². The Morgan fingerprint density at radius 2 is 2.18 bits per heavy atom. The van der Waals surface area contributed by atoms with Gasteiger partial charge in [0.1, 0.15) is 11.6 Å². The van der Waals surface area contributed by atoms with Crippen molar-refractivity contribution >= 4 is 0 Å². The minimum absolute atomic E-state index is 0.0271. The lowest BCUT2D eigenvalue weighted by Crippen LogP contribution is -2.00. The van der Waals surface area contributed by atoms with Gasteiger partial charge in [0.05, 0.1) is 0 Å². The number of aromatic hydroxyl groups is 1. The maximum Gasteiger partial charge on any atom is 0.131 e. The second kappa shape index (κ2) is 2.88. The van der Waals surface area contributed by atoms with Crippen LogP contribution in [0.3, 0.4) is 0 Å². The topological polar surface area (TPSA) is 46.2 Å². The van der Waals surface area contributed by atoms with Crippen LogP contribution < -0.4 is 5.73 Å². The van der Waals surface area contributed by atoms with Gasteiger partial charge in [0.2, 0.25) is 0 Å². The molecule has 0 saturated heterocycles. The van der Waals surface area contributed by atoms with Crippen LogP contribution >= 0.6 is 0 Å². The first kappa shape index (κ1) is 8.01. The molecule has 0 unspecified atom stereocenters. The first-order valence-corrected chi connectivity index (χ1v) is 3.34. The molecule has 3 heteroatoms. The van der Waals surface area contributed by atoms with Gasteiger partial charge >= 0.3 is 0 Å². The average Bonchev–Trinajstić information content (AvgIpc) is 1.99. The van der Waals surface area contributed by atoms with E-state index >= 15 is 0 Å². The molecular formula is C8H10FNO. The average molecular weight is 155 g/mol. The molecule has 0 bridgehead atoms. The predicted molar refractivity (Wildman–Crippen MR) is 40.7 cm³/mol. The Bertz CT molecular complexity index is 273. The van der Waals surface area contributed by atoms with Gasteiger partial charge in [-0.05, 0) is 18.6 Å². The third-order valence-corrected chi connectivity index (χ3v) is 1.63. The zero-order chi connectivity index (χ0) is 8.43. The first-order valence-electron chi connectivity index (χ1n) is 3.34. The van der Waals surface area contributed by atoms with E-state index in [0.717, 1.165) is 0 Å². The van der Waals surface area contributed by atoms with Crippen LogP contribution in [0.4, 0.5) is 4.39 Å². The predicted octanol–water partition coefficient (Wildman–Crippen LogP) is 1.30. The zero-order valence-electron chi connectivity index (χ0n) is 6.26. The van der Waals surface area contributed by atoms with Crippen LogP contribution in [0.2, 0.25) is 0 Å². The zero-order valence-corrected chi connectivity index (χ0v) is 6.26. The van der Waals surface area contributed by atoms with Crippen LogP contribution in [0.5, 0.6) is 5.75 Å². The number of halogens is 1. The lowest BCUT2D eigenvalue weighted by molar-refractivity contribution is 0.455. The molecule has 0 amide bonds. The molecule has 2 nitrogen and oxygen atoms in total. The van der Waals surface area contributed by atoms with Gasteiger partial charge in [-0.25, -0.2) is 4.39 Å². The molecule has 0 aliphatic heterocycles. The molecule has 60 valence electrons. The maximum atomic E-state index is 12.8. The maximum absolute atomic E-state index is 12.8. The monoisotopic (exact) mass is 155 g/mol. The SMILES string of the molecule is Cc1ccc(F)c(CN)c1O. The van der Waals surface area contributed by atoms with Gasteiger partial charge in [0.15, 0.2) is 0 Å². The molecule has 0 heterocycles. The molecule has 0 aliphatic carbocycles. The highest BCUT2D eigenvalue weighted by Gasteiger charge is 2.07. The van der Waals surface area contributed by atoms with Crippen molar-refractivity contribution < 1.29 is 9.50 Å². The Kier molecular flexibility index (Phi) is 2.10. The van der Waals surface area contributed by atoms with Crippen molar-refractivity contribution in [1.29, 1.82) is 0 Å². The normalized spacial score (nSPS) is 10.1. The number of hydrogen-bond acceptors (Lipinski definition) is 2. The molecule has 0 atom stereocenters. The summed E-state index contributed by atoms with van der Waals surface area (Å²) < 4.78 is 12.8. The first-order chi connectivity index (χ1) is 5.16. The number of benzene rings is 1. The highest BCUT2D eigenvalue weighted by Crippen LogP contribution is 2.23. The fourth-order valence-electron chi connectivity index (χ4n) is 0.923. The van der Waals surface area contributed by atoms with E-state index in [1.807, 2.05) is 0 Å². The summed E-state index contributed by atoms with van der Waals surface area (Å²) in [7, 11) is 0. The van der Waals surface area contributed by atoms with Gasteiger partial charge in [-0.1, -0.05) is 6.07 Å². The molecule has 0 aromatic heterocycles. The largest absolute Gasteiger partial charge is 0.507 e. The summed E-state index contributed by atoms with van der Waals surface area (Å²) in [5, 5.41) is 9.26. The van der Waals surface area contributed by atoms with E-state index in [2.05, 4.69) is 0 Å². The van der Waals surface area contributed by atoms with Gasteiger partial charge in [-0.3, -0.25) is 0 Å². The molecule has 1 rings (SSSR count). The van der Waals surface area contributed by atoms with Gasteiger partial charge < -0.3 is 10.8 Å². The second-order valence-corrected chi connectivity index (χ2v) is 2.40. The summed E-state index contributed by atoms with van der Waals surface area (Å²) in [6, 6.07) is 2.82. The number of phenols is 1. The van der Waals surface area contributed by atoms with E-state index in [1.165, 1.54) is 12.1 Å². The lowest BCUT2D eigenvalue weighted by Gasteiger charge is -2.04. The van der Waals surface area contributed by atoms with E-state index in [1.54, 1.807) is 6.92 Å². The van der Waals surface area contributed by atoms with Crippen LogP contribution in [0.15, 0.2) is 12.1 Å². The van der Waals surface area contributed by atoms with E-state index in [9.17, 15) is 9.50 Å². The van der Waals surface area contributed by atoms with E-state index in [-0.39, 0.29) is 17.9 Å². The smallest absolute Gasteiger partial charge is 0.131 e. The van der Waals surface area contributed by atoms with Crippen molar-refractivity contribution in [2.45, 2.75) is 13.5 Å². The number of aryl methyl sites for hydroxylation is 1. The molecule has 0 saturated carbocycles. The molecule has 0 fully saturated rings. The van der Waals surface area contributed by atoms with Crippen LogP contribution in [0, 0.1) is 12.7 Å².